The van der Waals surface area contributed by atoms with Gasteiger partial charge in [-0.25, -0.2) is 0 Å². The third-order valence-corrected chi connectivity index (χ3v) is 10.5. The van der Waals surface area contributed by atoms with Gasteiger partial charge in [-0.1, -0.05) is 32.4 Å². The summed E-state index contributed by atoms with van der Waals surface area (Å²) in [4.78, 5) is 0. The van der Waals surface area contributed by atoms with Crippen LogP contribution in [0.5, 0.6) is 0 Å². The van der Waals surface area contributed by atoms with Gasteiger partial charge in [0.05, 0.1) is 6.10 Å². The molecule has 0 aromatic carbocycles. The summed E-state index contributed by atoms with van der Waals surface area (Å²) >= 11 is 0. The molecule has 4 aliphatic rings. The van der Waals surface area contributed by atoms with Gasteiger partial charge in [-0.05, 0) is 112 Å². The van der Waals surface area contributed by atoms with Crippen LogP contribution in [-0.2, 0) is 0 Å². The molecule has 0 bridgehead atoms. The van der Waals surface area contributed by atoms with E-state index in [0.29, 0.717) is 30.1 Å². The normalized spacial score (nSPS) is 45.7. The summed E-state index contributed by atoms with van der Waals surface area (Å²) in [6, 6.07) is 0. The fraction of sp³-hybridized carbons (Fsp3) is 0.923. The number of aliphatic hydroxyl groups excluding tert-OH is 1. The average Bonchev–Trinajstić information content (AvgIpc) is 3.03. The number of aliphatic hydroxyl groups is 2. The topological polar surface area (TPSA) is 40.5 Å². The number of rotatable bonds is 4. The molecule has 5 heteroatoms. The molecule has 0 saturated heterocycles. The zero-order valence-corrected chi connectivity index (χ0v) is 19.6. The predicted octanol–water partition coefficient (Wildman–Crippen LogP) is 6.66. The summed E-state index contributed by atoms with van der Waals surface area (Å²) in [6.45, 7) is 7.87. The number of hydrogen-bond acceptors (Lipinski definition) is 2. The van der Waals surface area contributed by atoms with Crippen molar-refractivity contribution in [1.29, 1.82) is 0 Å². The van der Waals surface area contributed by atoms with Crippen LogP contribution in [-0.4, -0.2) is 28.1 Å². The van der Waals surface area contributed by atoms with Crippen LogP contribution in [0.1, 0.15) is 91.9 Å². The van der Waals surface area contributed by atoms with E-state index in [1.165, 1.54) is 18.4 Å². The lowest BCUT2D eigenvalue weighted by atomic mass is 9.47. The zero-order valence-electron chi connectivity index (χ0n) is 19.6. The van der Waals surface area contributed by atoms with Crippen molar-refractivity contribution in [2.75, 3.05) is 0 Å². The molecule has 0 aromatic heterocycles. The smallest absolute Gasteiger partial charge is 0.393 e. The second-order valence-corrected chi connectivity index (χ2v) is 12.2. The number of halogens is 3. The third kappa shape index (κ3) is 3.80. The fourth-order valence-corrected chi connectivity index (χ4v) is 8.47. The van der Waals surface area contributed by atoms with Crippen molar-refractivity contribution in [3.8, 4) is 0 Å². The first-order valence-electron chi connectivity index (χ1n) is 12.5. The maximum Gasteiger partial charge on any atom is 0.416 e. The van der Waals surface area contributed by atoms with Gasteiger partial charge in [0.1, 0.15) is 0 Å². The summed E-state index contributed by atoms with van der Waals surface area (Å²) in [5.74, 6) is 2.61. The minimum Gasteiger partial charge on any atom is -0.393 e. The van der Waals surface area contributed by atoms with Crippen LogP contribution in [0.15, 0.2) is 11.6 Å². The molecule has 4 aliphatic carbocycles. The Hall–Kier alpha value is -0.550. The molecule has 0 amide bonds. The first-order chi connectivity index (χ1) is 14.3. The maximum absolute atomic E-state index is 13.1. The van der Waals surface area contributed by atoms with Crippen molar-refractivity contribution in [3.63, 3.8) is 0 Å². The van der Waals surface area contributed by atoms with E-state index in [4.69, 9.17) is 0 Å². The van der Waals surface area contributed by atoms with E-state index in [0.717, 1.165) is 45.4 Å². The molecule has 0 heterocycles. The van der Waals surface area contributed by atoms with E-state index in [1.54, 1.807) is 0 Å². The quantitative estimate of drug-likeness (QED) is 0.478. The maximum atomic E-state index is 13.1. The van der Waals surface area contributed by atoms with Crippen LogP contribution in [0, 0.1) is 40.4 Å². The Kier molecular flexibility index (Phi) is 5.90. The van der Waals surface area contributed by atoms with Gasteiger partial charge in [-0.3, -0.25) is 0 Å². The second kappa shape index (κ2) is 7.75. The molecule has 0 aliphatic heterocycles. The highest BCUT2D eigenvalue weighted by Crippen LogP contribution is 2.67. The zero-order chi connectivity index (χ0) is 22.8. The lowest BCUT2D eigenvalue weighted by Crippen LogP contribution is -2.51. The van der Waals surface area contributed by atoms with Crippen LogP contribution < -0.4 is 0 Å². The van der Waals surface area contributed by atoms with Crippen LogP contribution in [0.4, 0.5) is 13.2 Å². The SMILES string of the molecule is C[C@H](CC[C@@](C)(O)C(F)(F)F)[C@H]1CC[C@H]2[C@@H]3CC=C4C[C@@H](O)CC[C@]4(C)[C@H]3CC[C@]12C. The molecule has 2 nitrogen and oxygen atoms in total. The highest BCUT2D eigenvalue weighted by Gasteiger charge is 2.59. The van der Waals surface area contributed by atoms with E-state index < -0.39 is 11.8 Å². The van der Waals surface area contributed by atoms with Crippen molar-refractivity contribution < 1.29 is 23.4 Å². The Morgan fingerprint density at radius 1 is 1.10 bits per heavy atom. The van der Waals surface area contributed by atoms with Crippen LogP contribution in [0.2, 0.25) is 0 Å². The van der Waals surface area contributed by atoms with Crippen molar-refractivity contribution in [2.24, 2.45) is 40.4 Å². The molecule has 4 rings (SSSR count). The first kappa shape index (κ1) is 23.6. The van der Waals surface area contributed by atoms with E-state index in [-0.39, 0.29) is 29.3 Å². The summed E-state index contributed by atoms with van der Waals surface area (Å²) < 4.78 is 39.3. The van der Waals surface area contributed by atoms with Gasteiger partial charge in [-0.2, -0.15) is 13.2 Å². The van der Waals surface area contributed by atoms with Crippen LogP contribution >= 0.6 is 0 Å². The largest absolute Gasteiger partial charge is 0.416 e. The molecular formula is C26H41F3O2. The van der Waals surface area contributed by atoms with Crippen LogP contribution in [0.3, 0.4) is 0 Å². The van der Waals surface area contributed by atoms with Gasteiger partial charge in [-0.15, -0.1) is 0 Å². The molecule has 3 saturated carbocycles. The lowest BCUT2D eigenvalue weighted by molar-refractivity contribution is -0.256. The van der Waals surface area contributed by atoms with Gasteiger partial charge in [0.15, 0.2) is 5.60 Å². The molecule has 0 radical (unpaired) electrons. The van der Waals surface area contributed by atoms with Crippen molar-refractivity contribution >= 4 is 0 Å². The van der Waals surface area contributed by atoms with E-state index >= 15 is 0 Å². The van der Waals surface area contributed by atoms with Crippen LogP contribution in [0.25, 0.3) is 0 Å². The molecular weight excluding hydrogens is 401 g/mol. The molecule has 31 heavy (non-hydrogen) atoms. The molecule has 9 atom stereocenters. The standard InChI is InChI=1S/C26H41F3O2/c1-16(9-14-25(4,31)26(27,28)29)20-7-8-21-19-6-5-17-15-18(30)10-12-23(17,2)22(19)11-13-24(20,21)3/h5,16,18-22,30-31H,6-15H2,1-4H3/t16-,18+,19+,20-,21+,22+,23+,24-,25-/m1/s1. The Balaban J connectivity index is 1.48. The van der Waals surface area contributed by atoms with E-state index in [9.17, 15) is 23.4 Å². The number of allylic oxidation sites excluding steroid dienone is 1. The van der Waals surface area contributed by atoms with Gasteiger partial charge in [0, 0.05) is 0 Å². The van der Waals surface area contributed by atoms with Gasteiger partial charge >= 0.3 is 6.18 Å². The first-order valence-corrected chi connectivity index (χ1v) is 12.5. The second-order valence-electron chi connectivity index (χ2n) is 12.2. The summed E-state index contributed by atoms with van der Waals surface area (Å²) in [5.41, 5.74) is -0.699. The molecule has 3 fully saturated rings. The molecule has 2 N–H and O–H groups in total. The highest BCUT2D eigenvalue weighted by atomic mass is 19.4. The Morgan fingerprint density at radius 3 is 2.48 bits per heavy atom. The van der Waals surface area contributed by atoms with Crippen molar-refractivity contribution in [1.82, 2.24) is 0 Å². The Bertz CT molecular complexity index is 714. The van der Waals surface area contributed by atoms with Gasteiger partial charge < -0.3 is 10.2 Å². The number of alkyl halides is 3. The summed E-state index contributed by atoms with van der Waals surface area (Å²) in [7, 11) is 0. The summed E-state index contributed by atoms with van der Waals surface area (Å²) in [5, 5.41) is 20.1. The molecule has 178 valence electrons. The minimum absolute atomic E-state index is 0.185. The Morgan fingerprint density at radius 2 is 1.81 bits per heavy atom. The monoisotopic (exact) mass is 442 g/mol. The lowest BCUT2D eigenvalue weighted by Gasteiger charge is -2.58. The van der Waals surface area contributed by atoms with Gasteiger partial charge in [0.2, 0.25) is 0 Å². The van der Waals surface area contributed by atoms with E-state index in [2.05, 4.69) is 26.8 Å². The predicted molar refractivity (Wildman–Crippen MR) is 116 cm³/mol. The van der Waals surface area contributed by atoms with Crippen molar-refractivity contribution in [2.45, 2.75) is 110 Å². The van der Waals surface area contributed by atoms with Crippen molar-refractivity contribution in [3.05, 3.63) is 11.6 Å². The Labute approximate surface area is 185 Å². The molecule has 0 spiro atoms. The fourth-order valence-electron chi connectivity index (χ4n) is 8.47. The summed E-state index contributed by atoms with van der Waals surface area (Å²) in [6.07, 6.45) is 6.46. The molecule has 0 unspecified atom stereocenters. The highest BCUT2D eigenvalue weighted by molar-refractivity contribution is 5.25. The minimum atomic E-state index is -4.57. The number of fused-ring (bicyclic) bond motifs is 5. The van der Waals surface area contributed by atoms with Gasteiger partial charge in [0.25, 0.3) is 0 Å². The number of hydrogen-bond donors (Lipinski definition) is 2. The average molecular weight is 443 g/mol. The molecule has 0 aromatic rings. The van der Waals surface area contributed by atoms with E-state index in [1.807, 2.05) is 0 Å². The third-order valence-electron chi connectivity index (χ3n) is 10.5.